The minimum Gasteiger partial charge on any atom is -0.356 e. The number of hydrogen-bond donors (Lipinski definition) is 1. The second-order valence-corrected chi connectivity index (χ2v) is 6.52. The Balaban J connectivity index is 1.49. The molecule has 1 N–H and O–H groups in total. The molecule has 0 unspecified atom stereocenters. The molecule has 25 heavy (non-hydrogen) atoms. The van der Waals surface area contributed by atoms with Crippen LogP contribution in [0.15, 0.2) is 34.9 Å². The van der Waals surface area contributed by atoms with E-state index < -0.39 is 0 Å². The molecule has 0 radical (unpaired) electrons. The second kappa shape index (κ2) is 8.16. The maximum Gasteiger partial charge on any atom is 0.241 e. The van der Waals surface area contributed by atoms with Crippen LogP contribution in [0.1, 0.15) is 25.0 Å². The lowest BCUT2D eigenvalue weighted by atomic mass is 10.1. The molecular weight excluding hydrogens is 342 g/mol. The number of halogens is 1. The van der Waals surface area contributed by atoms with Crippen molar-refractivity contribution in [2.75, 3.05) is 19.6 Å². The van der Waals surface area contributed by atoms with E-state index in [-0.39, 0.29) is 24.8 Å². The van der Waals surface area contributed by atoms with Crippen LogP contribution in [-0.2, 0) is 16.0 Å². The first-order valence-electron chi connectivity index (χ1n) is 8.38. The lowest BCUT2D eigenvalue weighted by molar-refractivity contribution is -0.133. The highest BCUT2D eigenvalue weighted by molar-refractivity contribution is 6.30. The van der Waals surface area contributed by atoms with Crippen molar-refractivity contribution in [3.63, 3.8) is 0 Å². The third-order valence-corrected chi connectivity index (χ3v) is 4.43. The SMILES string of the molecule is O=C(Cc1cc(-c2ccc(Cl)cc2)on1)NCC(=O)N1CCCCC1. The number of carbonyl (C=O) groups is 2. The van der Waals surface area contributed by atoms with E-state index in [0.29, 0.717) is 16.5 Å². The largest absolute Gasteiger partial charge is 0.356 e. The van der Waals surface area contributed by atoms with E-state index in [4.69, 9.17) is 16.1 Å². The van der Waals surface area contributed by atoms with Gasteiger partial charge in [0.15, 0.2) is 5.76 Å². The van der Waals surface area contributed by atoms with Crippen LogP contribution in [0.3, 0.4) is 0 Å². The van der Waals surface area contributed by atoms with Crippen molar-refractivity contribution < 1.29 is 14.1 Å². The lowest BCUT2D eigenvalue weighted by Gasteiger charge is -2.26. The molecule has 3 rings (SSSR count). The molecule has 1 fully saturated rings. The zero-order valence-electron chi connectivity index (χ0n) is 13.8. The number of aromatic nitrogens is 1. The average Bonchev–Trinajstić information content (AvgIpc) is 3.09. The van der Waals surface area contributed by atoms with Crippen LogP contribution in [0.25, 0.3) is 11.3 Å². The zero-order chi connectivity index (χ0) is 17.6. The summed E-state index contributed by atoms with van der Waals surface area (Å²) in [4.78, 5) is 25.9. The van der Waals surface area contributed by atoms with Gasteiger partial charge in [0.1, 0.15) is 0 Å². The molecule has 1 aromatic heterocycles. The van der Waals surface area contributed by atoms with E-state index in [1.807, 2.05) is 12.1 Å². The highest BCUT2D eigenvalue weighted by atomic mass is 35.5. The van der Waals surface area contributed by atoms with Crippen LogP contribution in [-0.4, -0.2) is 41.5 Å². The Hall–Kier alpha value is -2.34. The summed E-state index contributed by atoms with van der Waals surface area (Å²) in [5.74, 6) is 0.292. The number of carbonyl (C=O) groups excluding carboxylic acids is 2. The van der Waals surface area contributed by atoms with Gasteiger partial charge in [0, 0.05) is 29.7 Å². The summed E-state index contributed by atoms with van der Waals surface area (Å²) in [5, 5.41) is 7.20. The minimum atomic E-state index is -0.249. The number of piperidine rings is 1. The highest BCUT2D eigenvalue weighted by Gasteiger charge is 2.17. The van der Waals surface area contributed by atoms with E-state index in [2.05, 4.69) is 10.5 Å². The summed E-state index contributed by atoms with van der Waals surface area (Å²) in [5.41, 5.74) is 1.36. The molecule has 0 spiro atoms. The van der Waals surface area contributed by atoms with Gasteiger partial charge >= 0.3 is 0 Å². The predicted molar refractivity (Wildman–Crippen MR) is 94.1 cm³/mol. The summed E-state index contributed by atoms with van der Waals surface area (Å²) in [6.07, 6.45) is 3.31. The Kier molecular flexibility index (Phi) is 5.71. The molecule has 132 valence electrons. The molecule has 1 saturated heterocycles. The summed E-state index contributed by atoms with van der Waals surface area (Å²) >= 11 is 5.86. The molecule has 1 aliphatic rings. The topological polar surface area (TPSA) is 75.4 Å². The van der Waals surface area contributed by atoms with Gasteiger partial charge in [-0.25, -0.2) is 0 Å². The van der Waals surface area contributed by atoms with Crippen molar-refractivity contribution in [3.05, 3.63) is 41.0 Å². The molecule has 2 heterocycles. The van der Waals surface area contributed by atoms with Crippen molar-refractivity contribution in [1.82, 2.24) is 15.4 Å². The van der Waals surface area contributed by atoms with Gasteiger partial charge in [0.25, 0.3) is 0 Å². The predicted octanol–water partition coefficient (Wildman–Crippen LogP) is 2.67. The molecule has 7 heteroatoms. The Labute approximate surface area is 151 Å². The molecule has 0 bridgehead atoms. The Morgan fingerprint density at radius 3 is 2.60 bits per heavy atom. The molecule has 2 aromatic rings. The van der Waals surface area contributed by atoms with E-state index >= 15 is 0 Å². The normalized spacial score (nSPS) is 14.4. The maximum absolute atomic E-state index is 12.0. The van der Waals surface area contributed by atoms with Gasteiger partial charge < -0.3 is 14.7 Å². The Bertz CT molecular complexity index is 736. The van der Waals surface area contributed by atoms with Gasteiger partial charge in [0.05, 0.1) is 18.7 Å². The quantitative estimate of drug-likeness (QED) is 0.888. The first kappa shape index (κ1) is 17.5. The smallest absolute Gasteiger partial charge is 0.241 e. The van der Waals surface area contributed by atoms with Gasteiger partial charge in [-0.15, -0.1) is 0 Å². The maximum atomic E-state index is 12.0. The summed E-state index contributed by atoms with van der Waals surface area (Å²) < 4.78 is 5.26. The molecule has 0 saturated carbocycles. The zero-order valence-corrected chi connectivity index (χ0v) is 14.6. The lowest BCUT2D eigenvalue weighted by Crippen LogP contribution is -2.42. The minimum absolute atomic E-state index is 0.0285. The number of likely N-dealkylation sites (tertiary alicyclic amines) is 1. The van der Waals surface area contributed by atoms with Crippen molar-refractivity contribution >= 4 is 23.4 Å². The average molecular weight is 362 g/mol. The van der Waals surface area contributed by atoms with Crippen molar-refractivity contribution in [3.8, 4) is 11.3 Å². The first-order valence-corrected chi connectivity index (χ1v) is 8.75. The van der Waals surface area contributed by atoms with Crippen LogP contribution in [0.4, 0.5) is 0 Å². The molecule has 1 aliphatic heterocycles. The number of benzene rings is 1. The number of amides is 2. The number of nitrogens with zero attached hydrogens (tertiary/aromatic N) is 2. The summed E-state index contributed by atoms with van der Waals surface area (Å²) in [7, 11) is 0. The van der Waals surface area contributed by atoms with Crippen LogP contribution in [0, 0.1) is 0 Å². The van der Waals surface area contributed by atoms with E-state index in [1.54, 1.807) is 23.1 Å². The standard InChI is InChI=1S/C18H20ClN3O3/c19-14-6-4-13(5-7-14)16-10-15(21-25-16)11-17(23)20-12-18(24)22-8-2-1-3-9-22/h4-7,10H,1-3,8-9,11-12H2,(H,20,23). The van der Waals surface area contributed by atoms with Crippen molar-refractivity contribution in [2.24, 2.45) is 0 Å². The van der Waals surface area contributed by atoms with Crippen LogP contribution < -0.4 is 5.32 Å². The number of rotatable bonds is 5. The van der Waals surface area contributed by atoms with E-state index in [1.165, 1.54) is 0 Å². The highest BCUT2D eigenvalue weighted by Crippen LogP contribution is 2.22. The Morgan fingerprint density at radius 2 is 1.88 bits per heavy atom. The van der Waals surface area contributed by atoms with Crippen LogP contribution in [0.2, 0.25) is 5.02 Å². The summed E-state index contributed by atoms with van der Waals surface area (Å²) in [6.45, 7) is 1.59. The monoisotopic (exact) mass is 361 g/mol. The molecule has 2 amide bonds. The second-order valence-electron chi connectivity index (χ2n) is 6.08. The van der Waals surface area contributed by atoms with Crippen LogP contribution in [0.5, 0.6) is 0 Å². The molecule has 6 nitrogen and oxygen atoms in total. The fourth-order valence-electron chi connectivity index (χ4n) is 2.80. The molecule has 1 aromatic carbocycles. The van der Waals surface area contributed by atoms with E-state index in [0.717, 1.165) is 37.9 Å². The third-order valence-electron chi connectivity index (χ3n) is 4.17. The van der Waals surface area contributed by atoms with Crippen molar-refractivity contribution in [1.29, 1.82) is 0 Å². The molecular formula is C18H20ClN3O3. The van der Waals surface area contributed by atoms with Crippen LogP contribution >= 0.6 is 11.6 Å². The molecule has 0 atom stereocenters. The number of nitrogens with one attached hydrogen (secondary N) is 1. The van der Waals surface area contributed by atoms with Gasteiger partial charge in [-0.05, 0) is 43.5 Å². The molecule has 0 aliphatic carbocycles. The summed E-state index contributed by atoms with van der Waals surface area (Å²) in [6, 6.07) is 8.89. The first-order chi connectivity index (χ1) is 12.1. The fourth-order valence-corrected chi connectivity index (χ4v) is 2.93. The van der Waals surface area contributed by atoms with Gasteiger partial charge in [-0.3, -0.25) is 9.59 Å². The fraction of sp³-hybridized carbons (Fsp3) is 0.389. The Morgan fingerprint density at radius 1 is 1.16 bits per heavy atom. The number of hydrogen-bond acceptors (Lipinski definition) is 4. The van der Waals surface area contributed by atoms with E-state index in [9.17, 15) is 9.59 Å². The third kappa shape index (κ3) is 4.82. The van der Waals surface area contributed by atoms with Gasteiger partial charge in [-0.1, -0.05) is 16.8 Å². The van der Waals surface area contributed by atoms with Gasteiger partial charge in [-0.2, -0.15) is 0 Å². The van der Waals surface area contributed by atoms with Gasteiger partial charge in [0.2, 0.25) is 11.8 Å². The van der Waals surface area contributed by atoms with Crippen molar-refractivity contribution in [2.45, 2.75) is 25.7 Å².